The van der Waals surface area contributed by atoms with Crippen LogP contribution < -0.4 is 5.32 Å². The predicted octanol–water partition coefficient (Wildman–Crippen LogP) is 3.95. The van der Waals surface area contributed by atoms with Gasteiger partial charge in [0, 0.05) is 25.0 Å². The summed E-state index contributed by atoms with van der Waals surface area (Å²) < 4.78 is 23.1. The third-order valence-corrected chi connectivity index (χ3v) is 5.89. The summed E-state index contributed by atoms with van der Waals surface area (Å²) in [7, 11) is -3.03. The zero-order valence-corrected chi connectivity index (χ0v) is 16.6. The largest absolute Gasteiger partial charge is 0.324 e. The first-order chi connectivity index (χ1) is 12.8. The molecule has 27 heavy (non-hydrogen) atoms. The Morgan fingerprint density at radius 3 is 2.56 bits per heavy atom. The van der Waals surface area contributed by atoms with E-state index < -0.39 is 9.84 Å². The van der Waals surface area contributed by atoms with Crippen molar-refractivity contribution in [1.82, 2.24) is 4.90 Å². The molecule has 2 aromatic carbocycles. The first-order valence-corrected chi connectivity index (χ1v) is 11.3. The van der Waals surface area contributed by atoms with E-state index >= 15 is 0 Å². The van der Waals surface area contributed by atoms with Gasteiger partial charge in [0.25, 0.3) is 0 Å². The summed E-state index contributed by atoms with van der Waals surface area (Å²) in [5.74, 6) is 0.151. The van der Waals surface area contributed by atoms with Crippen LogP contribution in [0.3, 0.4) is 0 Å². The molecule has 0 aromatic heterocycles. The lowest BCUT2D eigenvalue weighted by Crippen LogP contribution is -2.43. The number of carbonyl (C=O) groups excluding carboxylic acids is 1. The molecule has 144 valence electrons. The number of aryl methyl sites for hydroxylation is 1. The quantitative estimate of drug-likeness (QED) is 0.865. The molecule has 1 fully saturated rings. The van der Waals surface area contributed by atoms with Crippen molar-refractivity contribution in [2.45, 2.75) is 19.8 Å². The van der Waals surface area contributed by atoms with Crippen LogP contribution in [0.15, 0.2) is 48.5 Å². The van der Waals surface area contributed by atoms with Crippen molar-refractivity contribution in [3.05, 3.63) is 54.1 Å². The van der Waals surface area contributed by atoms with Gasteiger partial charge in [-0.05, 0) is 48.9 Å². The molecule has 1 aliphatic heterocycles. The lowest BCUT2D eigenvalue weighted by Gasteiger charge is -2.32. The van der Waals surface area contributed by atoms with Crippen LogP contribution in [0.25, 0.3) is 11.1 Å². The average Bonchev–Trinajstić information content (AvgIpc) is 2.61. The minimum atomic E-state index is -3.03. The van der Waals surface area contributed by atoms with Gasteiger partial charge in [-0.1, -0.05) is 42.0 Å². The van der Waals surface area contributed by atoms with E-state index in [9.17, 15) is 13.2 Å². The third-order valence-electron chi connectivity index (χ3n) is 4.81. The SMILES string of the molecule is Cc1cccc(-c2cccc(NC(=O)N3CCC[C@H](CS(C)(=O)=O)C3)c2)c1. The topological polar surface area (TPSA) is 66.5 Å². The molecule has 0 spiro atoms. The minimum Gasteiger partial charge on any atom is -0.324 e. The second kappa shape index (κ2) is 8.13. The monoisotopic (exact) mass is 386 g/mol. The fourth-order valence-corrected chi connectivity index (χ4v) is 4.75. The number of sulfone groups is 1. The lowest BCUT2D eigenvalue weighted by molar-refractivity contribution is 0.183. The maximum Gasteiger partial charge on any atom is 0.321 e. The van der Waals surface area contributed by atoms with Crippen molar-refractivity contribution in [2.24, 2.45) is 5.92 Å². The highest BCUT2D eigenvalue weighted by atomic mass is 32.2. The van der Waals surface area contributed by atoms with Crippen molar-refractivity contribution in [2.75, 3.05) is 30.4 Å². The number of hydrogen-bond donors (Lipinski definition) is 1. The normalized spacial score (nSPS) is 17.6. The highest BCUT2D eigenvalue weighted by Gasteiger charge is 2.26. The highest BCUT2D eigenvalue weighted by molar-refractivity contribution is 7.90. The zero-order chi connectivity index (χ0) is 19.4. The number of rotatable bonds is 4. The van der Waals surface area contributed by atoms with Gasteiger partial charge in [-0.25, -0.2) is 13.2 Å². The summed E-state index contributed by atoms with van der Waals surface area (Å²) in [6.07, 6.45) is 2.93. The molecule has 1 saturated heterocycles. The second-order valence-electron chi connectivity index (χ2n) is 7.43. The maximum absolute atomic E-state index is 12.6. The number of urea groups is 1. The summed E-state index contributed by atoms with van der Waals surface area (Å²) in [6, 6.07) is 15.8. The molecule has 6 heteroatoms. The van der Waals surface area contributed by atoms with Crippen LogP contribution in [0.2, 0.25) is 0 Å². The van der Waals surface area contributed by atoms with Gasteiger partial charge in [0.1, 0.15) is 9.84 Å². The number of anilines is 1. The Morgan fingerprint density at radius 1 is 1.15 bits per heavy atom. The summed E-state index contributed by atoms with van der Waals surface area (Å²) in [5.41, 5.74) is 4.08. The molecule has 0 saturated carbocycles. The van der Waals surface area contributed by atoms with E-state index in [1.54, 1.807) is 4.90 Å². The van der Waals surface area contributed by atoms with E-state index in [0.29, 0.717) is 13.1 Å². The molecule has 0 aliphatic carbocycles. The molecule has 1 heterocycles. The molecule has 2 aromatic rings. The molecule has 2 amide bonds. The Balaban J connectivity index is 1.68. The Bertz CT molecular complexity index is 925. The van der Waals surface area contributed by atoms with Crippen molar-refractivity contribution < 1.29 is 13.2 Å². The van der Waals surface area contributed by atoms with Crippen LogP contribution in [-0.2, 0) is 9.84 Å². The number of amides is 2. The molecule has 0 radical (unpaired) electrons. The van der Waals surface area contributed by atoms with Crippen LogP contribution in [0.4, 0.5) is 10.5 Å². The van der Waals surface area contributed by atoms with Gasteiger partial charge in [-0.2, -0.15) is 0 Å². The molecule has 3 rings (SSSR count). The van der Waals surface area contributed by atoms with Gasteiger partial charge < -0.3 is 10.2 Å². The van der Waals surface area contributed by atoms with Crippen molar-refractivity contribution in [3.63, 3.8) is 0 Å². The zero-order valence-electron chi connectivity index (χ0n) is 15.8. The Morgan fingerprint density at radius 2 is 1.85 bits per heavy atom. The molecule has 1 aliphatic rings. The molecule has 5 nitrogen and oxygen atoms in total. The van der Waals surface area contributed by atoms with Gasteiger partial charge in [-0.15, -0.1) is 0 Å². The second-order valence-corrected chi connectivity index (χ2v) is 9.61. The fraction of sp³-hybridized carbons (Fsp3) is 0.381. The van der Waals surface area contributed by atoms with Crippen LogP contribution in [0, 0.1) is 12.8 Å². The van der Waals surface area contributed by atoms with Gasteiger partial charge in [-0.3, -0.25) is 0 Å². The van der Waals surface area contributed by atoms with E-state index in [0.717, 1.165) is 29.7 Å². The smallest absolute Gasteiger partial charge is 0.321 e. The van der Waals surface area contributed by atoms with E-state index in [1.807, 2.05) is 36.4 Å². The molecule has 1 N–H and O–H groups in total. The Labute approximate surface area is 161 Å². The van der Waals surface area contributed by atoms with Gasteiger partial charge in [0.15, 0.2) is 0 Å². The number of hydrogen-bond acceptors (Lipinski definition) is 3. The molecule has 1 atom stereocenters. The average molecular weight is 387 g/mol. The van der Waals surface area contributed by atoms with Crippen LogP contribution >= 0.6 is 0 Å². The van der Waals surface area contributed by atoms with Crippen LogP contribution in [-0.4, -0.2) is 44.4 Å². The third kappa shape index (κ3) is 5.57. The van der Waals surface area contributed by atoms with Crippen LogP contribution in [0.1, 0.15) is 18.4 Å². The summed E-state index contributed by atoms with van der Waals surface area (Å²) in [4.78, 5) is 14.4. The highest BCUT2D eigenvalue weighted by Crippen LogP contribution is 2.24. The van der Waals surface area contributed by atoms with Crippen molar-refractivity contribution >= 4 is 21.6 Å². The van der Waals surface area contributed by atoms with Crippen molar-refractivity contribution in [3.8, 4) is 11.1 Å². The van der Waals surface area contributed by atoms with E-state index in [4.69, 9.17) is 0 Å². The number of likely N-dealkylation sites (tertiary alicyclic amines) is 1. The van der Waals surface area contributed by atoms with E-state index in [-0.39, 0.29) is 17.7 Å². The molecular weight excluding hydrogens is 360 g/mol. The van der Waals surface area contributed by atoms with Gasteiger partial charge in [0.2, 0.25) is 0 Å². The number of benzene rings is 2. The number of carbonyl (C=O) groups is 1. The van der Waals surface area contributed by atoms with Crippen LogP contribution in [0.5, 0.6) is 0 Å². The number of nitrogens with one attached hydrogen (secondary N) is 1. The summed E-state index contributed by atoms with van der Waals surface area (Å²) >= 11 is 0. The number of nitrogens with zero attached hydrogens (tertiary/aromatic N) is 1. The van der Waals surface area contributed by atoms with Gasteiger partial charge in [0.05, 0.1) is 5.75 Å². The minimum absolute atomic E-state index is 0.0122. The Kier molecular flexibility index (Phi) is 5.85. The summed E-state index contributed by atoms with van der Waals surface area (Å²) in [5, 5.41) is 2.96. The first-order valence-electron chi connectivity index (χ1n) is 9.21. The van der Waals surface area contributed by atoms with Gasteiger partial charge >= 0.3 is 6.03 Å². The molecule has 0 unspecified atom stereocenters. The predicted molar refractivity (Wildman–Crippen MR) is 110 cm³/mol. The Hall–Kier alpha value is -2.34. The van der Waals surface area contributed by atoms with E-state index in [2.05, 4.69) is 24.4 Å². The molecular formula is C21H26N2O3S. The van der Waals surface area contributed by atoms with Crippen molar-refractivity contribution in [1.29, 1.82) is 0 Å². The summed E-state index contributed by atoms with van der Waals surface area (Å²) in [6.45, 7) is 3.19. The standard InChI is InChI=1S/C21H26N2O3S/c1-16-6-3-8-18(12-16)19-9-4-10-20(13-19)22-21(24)23-11-5-7-17(14-23)15-27(2,25)26/h3-4,6,8-10,12-13,17H,5,7,11,14-15H2,1-2H3,(H,22,24)/t17-/m0/s1. The van der Waals surface area contributed by atoms with E-state index in [1.165, 1.54) is 11.8 Å². The first kappa shape index (κ1) is 19.4. The number of piperidine rings is 1. The fourth-order valence-electron chi connectivity index (χ4n) is 3.62. The lowest BCUT2D eigenvalue weighted by atomic mass is 10.0. The molecule has 0 bridgehead atoms. The maximum atomic E-state index is 12.6.